The highest BCUT2D eigenvalue weighted by Crippen LogP contribution is 2.30. The number of hydrogen-bond donors (Lipinski definition) is 1. The molecular weight excluding hydrogens is 272 g/mol. The zero-order chi connectivity index (χ0) is 15.7. The SMILES string of the molecule is CC(C)C1CNC(C(C)(C)C)CN1CC(F)(F)C(F)F. The molecule has 0 saturated carbocycles. The molecule has 0 aromatic rings. The number of halogens is 4. The van der Waals surface area contributed by atoms with Crippen LogP contribution in [0.3, 0.4) is 0 Å². The van der Waals surface area contributed by atoms with Crippen LogP contribution in [-0.2, 0) is 0 Å². The van der Waals surface area contributed by atoms with E-state index in [9.17, 15) is 17.6 Å². The Kier molecular flexibility index (Phi) is 5.46. The third kappa shape index (κ3) is 4.32. The molecule has 1 saturated heterocycles. The Bertz CT molecular complexity index is 313. The van der Waals surface area contributed by atoms with Gasteiger partial charge in [0, 0.05) is 25.2 Å². The number of hydrogen-bond acceptors (Lipinski definition) is 2. The fourth-order valence-corrected chi connectivity index (χ4v) is 2.59. The van der Waals surface area contributed by atoms with Crippen LogP contribution in [0.25, 0.3) is 0 Å². The van der Waals surface area contributed by atoms with E-state index >= 15 is 0 Å². The Morgan fingerprint density at radius 3 is 2.15 bits per heavy atom. The van der Waals surface area contributed by atoms with Crippen LogP contribution in [0.5, 0.6) is 0 Å². The second-order valence-electron chi connectivity index (χ2n) is 7.13. The van der Waals surface area contributed by atoms with Crippen LogP contribution in [0.1, 0.15) is 34.6 Å². The van der Waals surface area contributed by atoms with Gasteiger partial charge in [-0.05, 0) is 11.3 Å². The van der Waals surface area contributed by atoms with Crippen molar-refractivity contribution in [2.24, 2.45) is 11.3 Å². The summed E-state index contributed by atoms with van der Waals surface area (Å²) in [4.78, 5) is 1.53. The van der Waals surface area contributed by atoms with E-state index in [2.05, 4.69) is 5.32 Å². The minimum Gasteiger partial charge on any atom is -0.311 e. The van der Waals surface area contributed by atoms with Crippen LogP contribution in [0, 0.1) is 11.3 Å². The standard InChI is InChI=1S/C14H26F4N2/c1-9(2)10-6-19-11(13(3,4)5)7-20(10)8-14(17,18)12(15)16/h9-12,19H,6-8H2,1-5H3. The molecule has 20 heavy (non-hydrogen) atoms. The lowest BCUT2D eigenvalue weighted by Gasteiger charge is -2.47. The Morgan fingerprint density at radius 2 is 1.75 bits per heavy atom. The minimum absolute atomic E-state index is 0.0194. The Hall–Kier alpha value is -0.360. The van der Waals surface area contributed by atoms with Crippen molar-refractivity contribution in [1.29, 1.82) is 0 Å². The van der Waals surface area contributed by atoms with E-state index in [1.165, 1.54) is 4.90 Å². The molecule has 6 heteroatoms. The van der Waals surface area contributed by atoms with Gasteiger partial charge in [0.05, 0.1) is 6.54 Å². The van der Waals surface area contributed by atoms with Crippen molar-refractivity contribution in [1.82, 2.24) is 10.2 Å². The summed E-state index contributed by atoms with van der Waals surface area (Å²) in [7, 11) is 0. The molecule has 0 aromatic heterocycles. The van der Waals surface area contributed by atoms with Crippen molar-refractivity contribution < 1.29 is 17.6 Å². The molecule has 2 nitrogen and oxygen atoms in total. The van der Waals surface area contributed by atoms with E-state index in [4.69, 9.17) is 0 Å². The van der Waals surface area contributed by atoms with Crippen LogP contribution < -0.4 is 5.32 Å². The summed E-state index contributed by atoms with van der Waals surface area (Å²) in [6, 6.07) is -0.121. The molecule has 1 heterocycles. The number of nitrogens with zero attached hydrogens (tertiary/aromatic N) is 1. The van der Waals surface area contributed by atoms with Crippen molar-refractivity contribution in [3.63, 3.8) is 0 Å². The quantitative estimate of drug-likeness (QED) is 0.802. The molecule has 1 fully saturated rings. The number of alkyl halides is 4. The van der Waals surface area contributed by atoms with E-state index < -0.39 is 18.9 Å². The maximum Gasteiger partial charge on any atom is 0.319 e. The van der Waals surface area contributed by atoms with Gasteiger partial charge in [-0.3, -0.25) is 4.90 Å². The average molecular weight is 298 g/mol. The zero-order valence-electron chi connectivity index (χ0n) is 12.9. The molecule has 1 aliphatic heterocycles. The predicted octanol–water partition coefficient (Wildman–Crippen LogP) is 3.23. The molecule has 0 spiro atoms. The lowest BCUT2D eigenvalue weighted by atomic mass is 9.83. The first-order chi connectivity index (χ1) is 8.95. The first-order valence-corrected chi connectivity index (χ1v) is 7.08. The molecular formula is C14H26F4N2. The Labute approximate surface area is 118 Å². The van der Waals surface area contributed by atoms with Gasteiger partial charge >= 0.3 is 12.3 Å². The van der Waals surface area contributed by atoms with Gasteiger partial charge in [-0.15, -0.1) is 0 Å². The molecule has 0 aromatic carbocycles. The van der Waals surface area contributed by atoms with E-state index in [1.807, 2.05) is 34.6 Å². The molecule has 0 bridgehead atoms. The fraction of sp³-hybridized carbons (Fsp3) is 1.00. The number of piperazine rings is 1. The van der Waals surface area contributed by atoms with E-state index in [1.54, 1.807) is 0 Å². The minimum atomic E-state index is -3.95. The predicted molar refractivity (Wildman–Crippen MR) is 72.4 cm³/mol. The first-order valence-electron chi connectivity index (χ1n) is 7.08. The largest absolute Gasteiger partial charge is 0.319 e. The maximum absolute atomic E-state index is 13.4. The molecule has 0 radical (unpaired) electrons. The van der Waals surface area contributed by atoms with Crippen molar-refractivity contribution in [3.05, 3.63) is 0 Å². The molecule has 2 unspecified atom stereocenters. The van der Waals surface area contributed by atoms with E-state index in [0.29, 0.717) is 13.1 Å². The summed E-state index contributed by atoms with van der Waals surface area (Å²) in [5.74, 6) is -3.82. The highest BCUT2D eigenvalue weighted by Gasteiger charge is 2.46. The zero-order valence-corrected chi connectivity index (χ0v) is 12.9. The van der Waals surface area contributed by atoms with E-state index in [0.717, 1.165) is 0 Å². The van der Waals surface area contributed by atoms with Gasteiger partial charge in [0.25, 0.3) is 0 Å². The Morgan fingerprint density at radius 1 is 1.20 bits per heavy atom. The topological polar surface area (TPSA) is 15.3 Å². The van der Waals surface area contributed by atoms with Crippen LogP contribution in [0.2, 0.25) is 0 Å². The summed E-state index contributed by atoms with van der Waals surface area (Å²) >= 11 is 0. The van der Waals surface area contributed by atoms with Crippen molar-refractivity contribution in [2.75, 3.05) is 19.6 Å². The van der Waals surface area contributed by atoms with Gasteiger partial charge in [-0.2, -0.15) is 8.78 Å². The highest BCUT2D eigenvalue weighted by molar-refractivity contribution is 4.94. The maximum atomic E-state index is 13.4. The average Bonchev–Trinajstić information content (AvgIpc) is 2.26. The number of nitrogens with one attached hydrogen (secondary N) is 1. The van der Waals surface area contributed by atoms with Crippen LogP contribution in [0.15, 0.2) is 0 Å². The molecule has 1 N–H and O–H groups in total. The molecule has 120 valence electrons. The summed E-state index contributed by atoms with van der Waals surface area (Å²) in [6.07, 6.45) is -3.61. The monoisotopic (exact) mass is 298 g/mol. The smallest absolute Gasteiger partial charge is 0.311 e. The van der Waals surface area contributed by atoms with Gasteiger partial charge in [-0.25, -0.2) is 8.78 Å². The van der Waals surface area contributed by atoms with Gasteiger partial charge in [0.1, 0.15) is 0 Å². The summed E-state index contributed by atoms with van der Waals surface area (Å²) in [6.45, 7) is 9.96. The van der Waals surface area contributed by atoms with Crippen molar-refractivity contribution in [2.45, 2.75) is 59.1 Å². The van der Waals surface area contributed by atoms with Gasteiger partial charge in [0.15, 0.2) is 0 Å². The second-order valence-corrected chi connectivity index (χ2v) is 7.13. The molecule has 1 aliphatic rings. The Balaban J connectivity index is 2.84. The van der Waals surface area contributed by atoms with Crippen LogP contribution in [-0.4, -0.2) is 49.0 Å². The van der Waals surface area contributed by atoms with Crippen LogP contribution >= 0.6 is 0 Å². The summed E-state index contributed by atoms with van der Waals surface area (Å²) < 4.78 is 51.6. The van der Waals surface area contributed by atoms with Crippen LogP contribution in [0.4, 0.5) is 17.6 Å². The molecule has 0 aliphatic carbocycles. The first kappa shape index (κ1) is 17.7. The third-order valence-electron chi connectivity index (χ3n) is 4.01. The fourth-order valence-electron chi connectivity index (χ4n) is 2.59. The lowest BCUT2D eigenvalue weighted by Crippen LogP contribution is -2.63. The summed E-state index contributed by atoms with van der Waals surface area (Å²) in [5, 5.41) is 3.36. The molecule has 2 atom stereocenters. The normalized spacial score (nSPS) is 26.6. The van der Waals surface area contributed by atoms with Crippen molar-refractivity contribution in [3.8, 4) is 0 Å². The third-order valence-corrected chi connectivity index (χ3v) is 4.01. The van der Waals surface area contributed by atoms with Gasteiger partial charge in [-0.1, -0.05) is 34.6 Å². The molecule has 1 rings (SSSR count). The van der Waals surface area contributed by atoms with Gasteiger partial charge in [0.2, 0.25) is 0 Å². The van der Waals surface area contributed by atoms with Crippen molar-refractivity contribution >= 4 is 0 Å². The van der Waals surface area contributed by atoms with Gasteiger partial charge < -0.3 is 5.32 Å². The highest BCUT2D eigenvalue weighted by atomic mass is 19.3. The molecule has 0 amide bonds. The second kappa shape index (κ2) is 6.18. The number of rotatable bonds is 4. The summed E-state index contributed by atoms with van der Waals surface area (Å²) in [5.41, 5.74) is -0.0969. The lowest BCUT2D eigenvalue weighted by molar-refractivity contribution is -0.152. The van der Waals surface area contributed by atoms with E-state index in [-0.39, 0.29) is 23.4 Å².